The molecule has 0 aliphatic rings. The summed E-state index contributed by atoms with van der Waals surface area (Å²) in [6, 6.07) is 4.48. The van der Waals surface area contributed by atoms with E-state index in [0.29, 0.717) is 0 Å². The topological polar surface area (TPSA) is 26.0 Å². The van der Waals surface area contributed by atoms with Gasteiger partial charge in [-0.15, -0.1) is 0 Å². The highest BCUT2D eigenvalue weighted by Gasteiger charge is 2.22. The van der Waals surface area contributed by atoms with Gasteiger partial charge in [-0.25, -0.2) is 4.39 Å². The van der Waals surface area contributed by atoms with E-state index in [4.69, 9.17) is 17.3 Å². The number of benzene rings is 1. The van der Waals surface area contributed by atoms with E-state index in [-0.39, 0.29) is 16.5 Å². The van der Waals surface area contributed by atoms with Gasteiger partial charge in [0.1, 0.15) is 5.82 Å². The summed E-state index contributed by atoms with van der Waals surface area (Å²) in [5.41, 5.74) is 6.82. The van der Waals surface area contributed by atoms with Crippen LogP contribution in [0.2, 0.25) is 5.02 Å². The zero-order valence-electron chi connectivity index (χ0n) is 8.64. The van der Waals surface area contributed by atoms with Gasteiger partial charge in [0.15, 0.2) is 0 Å². The van der Waals surface area contributed by atoms with Gasteiger partial charge in [0.2, 0.25) is 0 Å². The maximum atomic E-state index is 12.9. The fourth-order valence-electron chi connectivity index (χ4n) is 1.21. The maximum absolute atomic E-state index is 12.9. The molecular weight excluding hydrogens is 201 g/mol. The van der Waals surface area contributed by atoms with Gasteiger partial charge in [0.05, 0.1) is 5.02 Å². The molecule has 1 aromatic carbocycles. The Kier molecular flexibility index (Phi) is 3.17. The number of hydrogen-bond acceptors (Lipinski definition) is 1. The predicted octanol–water partition coefficient (Wildman–Crippen LogP) is 3.53. The molecule has 0 radical (unpaired) electrons. The molecule has 0 heterocycles. The van der Waals surface area contributed by atoms with Crippen LogP contribution in [-0.2, 0) is 0 Å². The average molecular weight is 216 g/mol. The Labute approximate surface area is 89.1 Å². The Balaban J connectivity index is 3.03. The van der Waals surface area contributed by atoms with Crippen molar-refractivity contribution in [3.63, 3.8) is 0 Å². The highest BCUT2D eigenvalue weighted by molar-refractivity contribution is 6.30. The van der Waals surface area contributed by atoms with Gasteiger partial charge in [-0.2, -0.15) is 0 Å². The van der Waals surface area contributed by atoms with Gasteiger partial charge in [0, 0.05) is 6.04 Å². The minimum Gasteiger partial charge on any atom is -0.324 e. The van der Waals surface area contributed by atoms with Crippen LogP contribution >= 0.6 is 11.6 Å². The standard InChI is InChI=1S/C11H15ClFN/c1-11(2,3)10(14)7-4-5-9(13)8(12)6-7/h4-6,10H,14H2,1-3H3/t10-/m0/s1. The molecule has 0 saturated carbocycles. The van der Waals surface area contributed by atoms with Gasteiger partial charge < -0.3 is 5.73 Å². The van der Waals surface area contributed by atoms with Crippen LogP contribution in [0.4, 0.5) is 4.39 Å². The molecule has 1 atom stereocenters. The molecule has 0 unspecified atom stereocenters. The van der Waals surface area contributed by atoms with Gasteiger partial charge in [0.25, 0.3) is 0 Å². The Bertz CT molecular complexity index is 331. The van der Waals surface area contributed by atoms with Crippen LogP contribution in [0.3, 0.4) is 0 Å². The third kappa shape index (κ3) is 2.46. The first kappa shape index (κ1) is 11.5. The molecule has 1 aromatic rings. The lowest BCUT2D eigenvalue weighted by Gasteiger charge is -2.27. The summed E-state index contributed by atoms with van der Waals surface area (Å²) in [6.45, 7) is 6.11. The van der Waals surface area contributed by atoms with Crippen LogP contribution in [-0.4, -0.2) is 0 Å². The molecular formula is C11H15ClFN. The third-order valence-corrected chi connectivity index (χ3v) is 2.53. The number of rotatable bonds is 1. The summed E-state index contributed by atoms with van der Waals surface area (Å²) in [5, 5.41) is 0.127. The van der Waals surface area contributed by atoms with Crippen LogP contribution in [0.25, 0.3) is 0 Å². The molecule has 14 heavy (non-hydrogen) atoms. The minimum atomic E-state index is -0.406. The molecule has 78 valence electrons. The second-order valence-corrected chi connectivity index (χ2v) is 4.92. The Morgan fingerprint density at radius 1 is 1.36 bits per heavy atom. The van der Waals surface area contributed by atoms with E-state index in [2.05, 4.69) is 0 Å². The normalized spacial score (nSPS) is 14.1. The molecule has 0 aliphatic heterocycles. The molecule has 0 spiro atoms. The molecule has 0 aliphatic carbocycles. The Morgan fingerprint density at radius 3 is 2.36 bits per heavy atom. The minimum absolute atomic E-state index is 0.0544. The molecule has 0 bridgehead atoms. The third-order valence-electron chi connectivity index (χ3n) is 2.24. The zero-order chi connectivity index (χ0) is 10.9. The quantitative estimate of drug-likeness (QED) is 0.762. The van der Waals surface area contributed by atoms with Crippen molar-refractivity contribution < 1.29 is 4.39 Å². The summed E-state index contributed by atoms with van der Waals surface area (Å²) in [6.07, 6.45) is 0. The molecule has 0 fully saturated rings. The molecule has 1 rings (SSSR count). The molecule has 0 aromatic heterocycles. The van der Waals surface area contributed by atoms with E-state index >= 15 is 0 Å². The van der Waals surface area contributed by atoms with Crippen LogP contribution in [0, 0.1) is 11.2 Å². The molecule has 0 saturated heterocycles. The van der Waals surface area contributed by atoms with Crippen molar-refractivity contribution in [3.05, 3.63) is 34.6 Å². The smallest absolute Gasteiger partial charge is 0.141 e. The lowest BCUT2D eigenvalue weighted by atomic mass is 9.83. The molecule has 1 nitrogen and oxygen atoms in total. The number of hydrogen-bond donors (Lipinski definition) is 1. The largest absolute Gasteiger partial charge is 0.324 e. The van der Waals surface area contributed by atoms with Gasteiger partial charge in [-0.05, 0) is 23.1 Å². The number of halogens is 2. The van der Waals surface area contributed by atoms with Crippen LogP contribution < -0.4 is 5.73 Å². The fourth-order valence-corrected chi connectivity index (χ4v) is 1.39. The first-order chi connectivity index (χ1) is 6.32. The van der Waals surface area contributed by atoms with E-state index in [1.165, 1.54) is 6.07 Å². The van der Waals surface area contributed by atoms with E-state index in [1.807, 2.05) is 20.8 Å². The highest BCUT2D eigenvalue weighted by Crippen LogP contribution is 2.31. The molecule has 0 amide bonds. The van der Waals surface area contributed by atoms with Crippen LogP contribution in [0.5, 0.6) is 0 Å². The zero-order valence-corrected chi connectivity index (χ0v) is 9.40. The molecule has 3 heteroatoms. The SMILES string of the molecule is CC(C)(C)[C@@H](N)c1ccc(F)c(Cl)c1. The second-order valence-electron chi connectivity index (χ2n) is 4.52. The van der Waals surface area contributed by atoms with Crippen molar-refractivity contribution in [2.24, 2.45) is 11.1 Å². The summed E-state index contributed by atoms with van der Waals surface area (Å²) >= 11 is 5.68. The van der Waals surface area contributed by atoms with Gasteiger partial charge in [-0.3, -0.25) is 0 Å². The van der Waals surface area contributed by atoms with E-state index in [0.717, 1.165) is 5.56 Å². The second kappa shape index (κ2) is 3.87. The molecule has 2 N–H and O–H groups in total. The van der Waals surface area contributed by atoms with Crippen molar-refractivity contribution in [1.82, 2.24) is 0 Å². The van der Waals surface area contributed by atoms with E-state index in [1.54, 1.807) is 12.1 Å². The summed E-state index contributed by atoms with van der Waals surface area (Å²) < 4.78 is 12.9. The van der Waals surface area contributed by atoms with Crippen LogP contribution in [0.15, 0.2) is 18.2 Å². The Morgan fingerprint density at radius 2 is 1.93 bits per heavy atom. The van der Waals surface area contributed by atoms with E-state index in [9.17, 15) is 4.39 Å². The van der Waals surface area contributed by atoms with Crippen LogP contribution in [0.1, 0.15) is 32.4 Å². The summed E-state index contributed by atoms with van der Waals surface area (Å²) in [4.78, 5) is 0. The average Bonchev–Trinajstić information content (AvgIpc) is 2.07. The summed E-state index contributed by atoms with van der Waals surface area (Å²) in [7, 11) is 0. The van der Waals surface area contributed by atoms with Crippen molar-refractivity contribution >= 4 is 11.6 Å². The van der Waals surface area contributed by atoms with Crippen molar-refractivity contribution in [2.75, 3.05) is 0 Å². The van der Waals surface area contributed by atoms with Gasteiger partial charge in [-0.1, -0.05) is 38.4 Å². The highest BCUT2D eigenvalue weighted by atomic mass is 35.5. The number of nitrogens with two attached hydrogens (primary N) is 1. The van der Waals surface area contributed by atoms with Crippen molar-refractivity contribution in [1.29, 1.82) is 0 Å². The predicted molar refractivity (Wildman–Crippen MR) is 57.8 cm³/mol. The lowest BCUT2D eigenvalue weighted by Crippen LogP contribution is -2.26. The van der Waals surface area contributed by atoms with Crippen molar-refractivity contribution in [3.8, 4) is 0 Å². The fraction of sp³-hybridized carbons (Fsp3) is 0.455. The first-order valence-electron chi connectivity index (χ1n) is 4.53. The van der Waals surface area contributed by atoms with Gasteiger partial charge >= 0.3 is 0 Å². The van der Waals surface area contributed by atoms with Crippen molar-refractivity contribution in [2.45, 2.75) is 26.8 Å². The monoisotopic (exact) mass is 215 g/mol. The summed E-state index contributed by atoms with van der Waals surface area (Å²) in [5.74, 6) is -0.406. The lowest BCUT2D eigenvalue weighted by molar-refractivity contribution is 0.327. The Hall–Kier alpha value is -0.600. The maximum Gasteiger partial charge on any atom is 0.141 e. The first-order valence-corrected chi connectivity index (χ1v) is 4.90. The van der Waals surface area contributed by atoms with E-state index < -0.39 is 5.82 Å².